The van der Waals surface area contributed by atoms with Crippen molar-refractivity contribution in [3.05, 3.63) is 60.3 Å². The third-order valence-corrected chi connectivity index (χ3v) is 3.81. The molecule has 0 aliphatic carbocycles. The van der Waals surface area contributed by atoms with Gasteiger partial charge in [0.25, 0.3) is 5.88 Å². The number of benzene rings is 1. The van der Waals surface area contributed by atoms with E-state index in [0.717, 1.165) is 0 Å². The quantitative estimate of drug-likeness (QED) is 0.568. The van der Waals surface area contributed by atoms with E-state index in [0.29, 0.717) is 17.3 Å². The van der Waals surface area contributed by atoms with Gasteiger partial charge >= 0.3 is 12.6 Å². The van der Waals surface area contributed by atoms with Crippen molar-refractivity contribution < 1.29 is 32.6 Å². The molecule has 0 aliphatic rings. The van der Waals surface area contributed by atoms with E-state index in [-0.39, 0.29) is 30.3 Å². The normalized spacial score (nSPS) is 10.8. The van der Waals surface area contributed by atoms with Crippen LogP contribution in [0.25, 0.3) is 0 Å². The number of ether oxygens (including phenoxy) is 2. The Balaban J connectivity index is 2.00. The first kappa shape index (κ1) is 20.1. The number of aromatic nitrogens is 2. The molecule has 8 nitrogen and oxygen atoms in total. The first-order valence-corrected chi connectivity index (χ1v) is 8.55. The predicted molar refractivity (Wildman–Crippen MR) is 97.8 cm³/mol. The third-order valence-electron chi connectivity index (χ3n) is 3.81. The van der Waals surface area contributed by atoms with Gasteiger partial charge in [0.05, 0.1) is 24.9 Å². The Bertz CT molecular complexity index is 949. The van der Waals surface area contributed by atoms with Crippen LogP contribution < -0.4 is 14.4 Å². The molecule has 3 aromatic rings. The van der Waals surface area contributed by atoms with Crippen LogP contribution in [0.4, 0.5) is 20.3 Å². The molecule has 10 heteroatoms. The number of carboxylic acids is 1. The van der Waals surface area contributed by atoms with Gasteiger partial charge in [-0.25, -0.2) is 9.78 Å². The SMILES string of the molecule is CCOc1nc(N(Cc2cnco2)c2ccc(C(=O)O)cc2)ccc1OC(F)F. The minimum Gasteiger partial charge on any atom is -0.478 e. The summed E-state index contributed by atoms with van der Waals surface area (Å²) in [4.78, 5) is 21.0. The number of anilines is 2. The summed E-state index contributed by atoms with van der Waals surface area (Å²) in [6, 6.07) is 8.92. The van der Waals surface area contributed by atoms with Crippen molar-refractivity contribution in [1.29, 1.82) is 0 Å². The Kier molecular flexibility index (Phi) is 6.22. The minimum atomic E-state index is -3.02. The van der Waals surface area contributed by atoms with Gasteiger partial charge < -0.3 is 23.9 Å². The average molecular weight is 405 g/mol. The minimum absolute atomic E-state index is 0.0879. The maximum Gasteiger partial charge on any atom is 0.387 e. The highest BCUT2D eigenvalue weighted by molar-refractivity contribution is 5.88. The summed E-state index contributed by atoms with van der Waals surface area (Å²) in [6.07, 6.45) is 2.80. The van der Waals surface area contributed by atoms with Crippen LogP contribution in [0.2, 0.25) is 0 Å². The number of alkyl halides is 2. The second kappa shape index (κ2) is 9.00. The molecule has 0 amide bonds. The summed E-state index contributed by atoms with van der Waals surface area (Å²) in [5.74, 6) is -0.459. The molecule has 0 aliphatic heterocycles. The van der Waals surface area contributed by atoms with Crippen LogP contribution in [-0.4, -0.2) is 34.3 Å². The van der Waals surface area contributed by atoms with E-state index < -0.39 is 12.6 Å². The largest absolute Gasteiger partial charge is 0.478 e. The van der Waals surface area contributed by atoms with Gasteiger partial charge in [0.1, 0.15) is 11.6 Å². The molecular weight excluding hydrogens is 388 g/mol. The summed E-state index contributed by atoms with van der Waals surface area (Å²) in [7, 11) is 0. The van der Waals surface area contributed by atoms with Crippen molar-refractivity contribution in [3.8, 4) is 11.6 Å². The van der Waals surface area contributed by atoms with Gasteiger partial charge in [-0.15, -0.1) is 0 Å². The highest BCUT2D eigenvalue weighted by Crippen LogP contribution is 2.33. The first-order valence-electron chi connectivity index (χ1n) is 8.55. The number of carboxylic acid groups (broad SMARTS) is 1. The van der Waals surface area contributed by atoms with Gasteiger partial charge in [0.2, 0.25) is 0 Å². The van der Waals surface area contributed by atoms with Crippen molar-refractivity contribution in [1.82, 2.24) is 9.97 Å². The molecule has 29 heavy (non-hydrogen) atoms. The van der Waals surface area contributed by atoms with E-state index >= 15 is 0 Å². The fourth-order valence-electron chi connectivity index (χ4n) is 2.56. The van der Waals surface area contributed by atoms with Crippen LogP contribution in [0.1, 0.15) is 23.0 Å². The molecule has 152 valence electrons. The van der Waals surface area contributed by atoms with Gasteiger partial charge in [-0.1, -0.05) is 0 Å². The smallest absolute Gasteiger partial charge is 0.387 e. The van der Waals surface area contributed by atoms with Gasteiger partial charge in [-0.2, -0.15) is 13.8 Å². The molecule has 1 N–H and O–H groups in total. The highest BCUT2D eigenvalue weighted by Gasteiger charge is 2.19. The predicted octanol–water partition coefficient (Wildman–Crippen LogP) is 4.11. The summed E-state index contributed by atoms with van der Waals surface area (Å²) < 4.78 is 40.4. The lowest BCUT2D eigenvalue weighted by atomic mass is 10.2. The van der Waals surface area contributed by atoms with E-state index in [1.165, 1.54) is 36.9 Å². The molecule has 1 aromatic carbocycles. The number of hydrogen-bond acceptors (Lipinski definition) is 7. The lowest BCUT2D eigenvalue weighted by Crippen LogP contribution is -2.18. The maximum atomic E-state index is 12.6. The lowest BCUT2D eigenvalue weighted by Gasteiger charge is -2.24. The monoisotopic (exact) mass is 405 g/mol. The summed E-state index contributed by atoms with van der Waals surface area (Å²) in [5, 5.41) is 9.10. The summed E-state index contributed by atoms with van der Waals surface area (Å²) >= 11 is 0. The van der Waals surface area contributed by atoms with Crippen LogP contribution >= 0.6 is 0 Å². The molecule has 2 heterocycles. The third kappa shape index (κ3) is 4.98. The lowest BCUT2D eigenvalue weighted by molar-refractivity contribution is -0.0518. The van der Waals surface area contributed by atoms with E-state index in [4.69, 9.17) is 14.3 Å². The molecule has 0 radical (unpaired) electrons. The Morgan fingerprint density at radius 3 is 2.59 bits per heavy atom. The highest BCUT2D eigenvalue weighted by atomic mass is 19.3. The van der Waals surface area contributed by atoms with E-state index in [1.807, 2.05) is 0 Å². The molecule has 0 bridgehead atoms. The van der Waals surface area contributed by atoms with Crippen LogP contribution in [0.15, 0.2) is 53.4 Å². The molecule has 0 saturated carbocycles. The number of carbonyl (C=O) groups is 1. The van der Waals surface area contributed by atoms with E-state index in [9.17, 15) is 13.6 Å². The summed E-state index contributed by atoms with van der Waals surface area (Å²) in [6.45, 7) is -0.918. The Morgan fingerprint density at radius 1 is 1.24 bits per heavy atom. The molecule has 0 spiro atoms. The van der Waals surface area contributed by atoms with Crippen molar-refractivity contribution in [2.24, 2.45) is 0 Å². The number of aromatic carboxylic acids is 1. The Hall–Kier alpha value is -3.69. The molecule has 2 aromatic heterocycles. The Morgan fingerprint density at radius 2 is 2.00 bits per heavy atom. The molecule has 3 rings (SSSR count). The van der Waals surface area contributed by atoms with Crippen LogP contribution in [0.5, 0.6) is 11.6 Å². The molecule has 0 unspecified atom stereocenters. The van der Waals surface area contributed by atoms with Gasteiger partial charge in [0.15, 0.2) is 12.1 Å². The number of pyridine rings is 1. The standard InChI is InChI=1S/C19H17F2N3O5/c1-2-27-17-15(29-19(20)21)7-8-16(23-17)24(10-14-9-22-11-28-14)13-5-3-12(4-6-13)18(25)26/h3-9,11,19H,2,10H2,1H3,(H,25,26). The first-order chi connectivity index (χ1) is 14.0. The molecular formula is C19H17F2N3O5. The van der Waals surface area contributed by atoms with Gasteiger partial charge in [-0.3, -0.25) is 0 Å². The summed E-state index contributed by atoms with van der Waals surface area (Å²) in [5.41, 5.74) is 0.723. The van der Waals surface area contributed by atoms with E-state index in [2.05, 4.69) is 14.7 Å². The average Bonchev–Trinajstić information content (AvgIpc) is 3.21. The van der Waals surface area contributed by atoms with Crippen molar-refractivity contribution in [3.63, 3.8) is 0 Å². The topological polar surface area (TPSA) is 97.9 Å². The number of hydrogen-bond donors (Lipinski definition) is 1. The maximum absolute atomic E-state index is 12.6. The van der Waals surface area contributed by atoms with Crippen LogP contribution in [0, 0.1) is 0 Å². The number of nitrogens with zero attached hydrogens (tertiary/aromatic N) is 3. The van der Waals surface area contributed by atoms with Gasteiger partial charge in [-0.05, 0) is 43.3 Å². The molecule has 0 fully saturated rings. The van der Waals surface area contributed by atoms with Crippen LogP contribution in [0.3, 0.4) is 0 Å². The van der Waals surface area contributed by atoms with Crippen molar-refractivity contribution >= 4 is 17.5 Å². The zero-order valence-electron chi connectivity index (χ0n) is 15.3. The fraction of sp³-hybridized carbons (Fsp3) is 0.211. The van der Waals surface area contributed by atoms with Gasteiger partial charge in [0, 0.05) is 5.69 Å². The van der Waals surface area contributed by atoms with Crippen molar-refractivity contribution in [2.45, 2.75) is 20.1 Å². The zero-order chi connectivity index (χ0) is 20.8. The zero-order valence-corrected chi connectivity index (χ0v) is 15.3. The molecule has 0 saturated heterocycles. The second-order valence-electron chi connectivity index (χ2n) is 5.69. The Labute approximate surface area is 164 Å². The van der Waals surface area contributed by atoms with E-state index in [1.54, 1.807) is 24.0 Å². The fourth-order valence-corrected chi connectivity index (χ4v) is 2.56. The number of halogens is 2. The molecule has 0 atom stereocenters. The van der Waals surface area contributed by atoms with Crippen molar-refractivity contribution in [2.75, 3.05) is 11.5 Å². The number of oxazole rings is 1. The second-order valence-corrected chi connectivity index (χ2v) is 5.69. The number of rotatable bonds is 9. The van der Waals surface area contributed by atoms with Crippen LogP contribution in [-0.2, 0) is 6.54 Å².